The summed E-state index contributed by atoms with van der Waals surface area (Å²) in [5.74, 6) is -0.429. The van der Waals surface area contributed by atoms with Gasteiger partial charge < -0.3 is 9.90 Å². The standard InChI is InChI=1S/C18H36O2/c1-13(11-17(3,4)5)9-10-15(16(19)20)14(2)12-18(6,7)8/h13-15H,9-12H2,1-8H3,(H,19,20)/p-1/t13-,14-,15-/m0/s1. The molecule has 0 unspecified atom stereocenters. The Bertz CT molecular complexity index is 294. The number of carboxylic acid groups (broad SMARTS) is 1. The highest BCUT2D eigenvalue weighted by Crippen LogP contribution is 2.33. The predicted molar refractivity (Wildman–Crippen MR) is 84.2 cm³/mol. The van der Waals surface area contributed by atoms with Gasteiger partial charge in [-0.3, -0.25) is 0 Å². The van der Waals surface area contributed by atoms with E-state index in [2.05, 4.69) is 55.4 Å². The minimum Gasteiger partial charge on any atom is -0.550 e. The largest absolute Gasteiger partial charge is 0.550 e. The van der Waals surface area contributed by atoms with Crippen molar-refractivity contribution < 1.29 is 9.90 Å². The minimum atomic E-state index is -0.871. The molecule has 2 heteroatoms. The molecule has 0 saturated carbocycles. The maximum atomic E-state index is 11.4. The van der Waals surface area contributed by atoms with Crippen LogP contribution in [0.15, 0.2) is 0 Å². The molecular formula is C18H35O2-. The molecule has 120 valence electrons. The molecule has 0 aliphatic heterocycles. The summed E-state index contributed by atoms with van der Waals surface area (Å²) in [7, 11) is 0. The van der Waals surface area contributed by atoms with E-state index in [-0.39, 0.29) is 17.3 Å². The van der Waals surface area contributed by atoms with Gasteiger partial charge in [0.15, 0.2) is 0 Å². The van der Waals surface area contributed by atoms with E-state index in [0.717, 1.165) is 25.7 Å². The van der Waals surface area contributed by atoms with Crippen molar-refractivity contribution in [3.63, 3.8) is 0 Å². The summed E-state index contributed by atoms with van der Waals surface area (Å²) >= 11 is 0. The second kappa shape index (κ2) is 7.47. The van der Waals surface area contributed by atoms with E-state index in [4.69, 9.17) is 0 Å². The molecule has 0 bridgehead atoms. The lowest BCUT2D eigenvalue weighted by Gasteiger charge is -2.31. The summed E-state index contributed by atoms with van der Waals surface area (Å²) < 4.78 is 0. The van der Waals surface area contributed by atoms with Crippen LogP contribution in [0.5, 0.6) is 0 Å². The molecule has 0 saturated heterocycles. The van der Waals surface area contributed by atoms with Gasteiger partial charge in [0.25, 0.3) is 0 Å². The number of aliphatic carboxylic acids is 1. The fraction of sp³-hybridized carbons (Fsp3) is 0.944. The molecule has 0 aliphatic carbocycles. The van der Waals surface area contributed by atoms with Gasteiger partial charge in [0.05, 0.1) is 0 Å². The fourth-order valence-electron chi connectivity index (χ4n) is 3.35. The summed E-state index contributed by atoms with van der Waals surface area (Å²) in [6.07, 6.45) is 3.79. The number of hydrogen-bond acceptors (Lipinski definition) is 2. The van der Waals surface area contributed by atoms with Crippen LogP contribution in [-0.4, -0.2) is 5.97 Å². The first-order chi connectivity index (χ1) is 8.82. The molecule has 20 heavy (non-hydrogen) atoms. The Morgan fingerprint density at radius 1 is 0.900 bits per heavy atom. The molecule has 0 fully saturated rings. The molecule has 0 aliphatic rings. The van der Waals surface area contributed by atoms with Gasteiger partial charge in [0.2, 0.25) is 0 Å². The van der Waals surface area contributed by atoms with Gasteiger partial charge in [0.1, 0.15) is 0 Å². The van der Waals surface area contributed by atoms with Gasteiger partial charge >= 0.3 is 0 Å². The summed E-state index contributed by atoms with van der Waals surface area (Å²) in [6, 6.07) is 0. The van der Waals surface area contributed by atoms with Gasteiger partial charge in [-0.15, -0.1) is 0 Å². The minimum absolute atomic E-state index is 0.171. The van der Waals surface area contributed by atoms with Crippen LogP contribution in [0.3, 0.4) is 0 Å². The zero-order chi connectivity index (χ0) is 16.1. The van der Waals surface area contributed by atoms with Crippen LogP contribution in [-0.2, 0) is 4.79 Å². The highest BCUT2D eigenvalue weighted by Gasteiger charge is 2.25. The molecule has 0 spiro atoms. The van der Waals surface area contributed by atoms with Crippen molar-refractivity contribution in [2.75, 3.05) is 0 Å². The van der Waals surface area contributed by atoms with Crippen molar-refractivity contribution in [3.05, 3.63) is 0 Å². The summed E-state index contributed by atoms with van der Waals surface area (Å²) in [5.41, 5.74) is 0.484. The lowest BCUT2D eigenvalue weighted by atomic mass is 9.76. The van der Waals surface area contributed by atoms with Gasteiger partial charge in [-0.1, -0.05) is 61.8 Å². The van der Waals surface area contributed by atoms with Gasteiger partial charge in [-0.05, 0) is 41.9 Å². The smallest absolute Gasteiger partial charge is 0.0447 e. The average molecular weight is 283 g/mol. The molecule has 2 nitrogen and oxygen atoms in total. The van der Waals surface area contributed by atoms with E-state index in [1.165, 1.54) is 0 Å². The predicted octanol–water partition coefficient (Wildman–Crippen LogP) is 4.28. The van der Waals surface area contributed by atoms with Crippen LogP contribution in [0.1, 0.15) is 81.1 Å². The fourth-order valence-corrected chi connectivity index (χ4v) is 3.35. The van der Waals surface area contributed by atoms with Crippen molar-refractivity contribution in [1.29, 1.82) is 0 Å². The summed E-state index contributed by atoms with van der Waals surface area (Å²) in [5, 5.41) is 11.4. The zero-order valence-corrected chi connectivity index (χ0v) is 14.9. The molecule has 0 N–H and O–H groups in total. The van der Waals surface area contributed by atoms with Gasteiger partial charge in [-0.25, -0.2) is 0 Å². The first kappa shape index (κ1) is 19.5. The van der Waals surface area contributed by atoms with Crippen LogP contribution in [0.4, 0.5) is 0 Å². The third-order valence-electron chi connectivity index (χ3n) is 3.86. The summed E-state index contributed by atoms with van der Waals surface area (Å²) in [6.45, 7) is 17.5. The molecular weight excluding hydrogens is 248 g/mol. The third-order valence-corrected chi connectivity index (χ3v) is 3.86. The Morgan fingerprint density at radius 3 is 1.70 bits per heavy atom. The Kier molecular flexibility index (Phi) is 7.27. The lowest BCUT2D eigenvalue weighted by Crippen LogP contribution is -2.36. The van der Waals surface area contributed by atoms with Gasteiger partial charge in [-0.2, -0.15) is 0 Å². The number of carboxylic acids is 1. The molecule has 0 aromatic rings. The second-order valence-corrected chi connectivity index (χ2v) is 9.11. The van der Waals surface area contributed by atoms with Crippen molar-refractivity contribution in [2.24, 2.45) is 28.6 Å². The average Bonchev–Trinajstić information content (AvgIpc) is 2.10. The van der Waals surface area contributed by atoms with Crippen LogP contribution in [0.25, 0.3) is 0 Å². The first-order valence-corrected chi connectivity index (χ1v) is 8.03. The second-order valence-electron chi connectivity index (χ2n) is 9.11. The number of hydrogen-bond donors (Lipinski definition) is 0. The van der Waals surface area contributed by atoms with Crippen molar-refractivity contribution in [1.82, 2.24) is 0 Å². The number of carbonyl (C=O) groups excluding carboxylic acids is 1. The van der Waals surface area contributed by atoms with E-state index in [9.17, 15) is 9.90 Å². The van der Waals surface area contributed by atoms with Crippen LogP contribution in [0, 0.1) is 28.6 Å². The quantitative estimate of drug-likeness (QED) is 0.699. The molecule has 0 amide bonds. The third kappa shape index (κ3) is 9.39. The van der Waals surface area contributed by atoms with E-state index in [1.54, 1.807) is 0 Å². The zero-order valence-electron chi connectivity index (χ0n) is 14.9. The normalized spacial score (nSPS) is 17.6. The van der Waals surface area contributed by atoms with Crippen LogP contribution >= 0.6 is 0 Å². The topological polar surface area (TPSA) is 40.1 Å². The maximum absolute atomic E-state index is 11.4. The Balaban J connectivity index is 4.46. The molecule has 0 heterocycles. The molecule has 0 aromatic heterocycles. The van der Waals surface area contributed by atoms with E-state index >= 15 is 0 Å². The molecule has 0 aromatic carbocycles. The maximum Gasteiger partial charge on any atom is 0.0447 e. The SMILES string of the molecule is C[C@@H](CC[C@H](C(=O)[O-])[C@@H](C)CC(C)(C)C)CC(C)(C)C. The Morgan fingerprint density at radius 2 is 1.35 bits per heavy atom. The van der Waals surface area contributed by atoms with E-state index in [0.29, 0.717) is 11.3 Å². The lowest BCUT2D eigenvalue weighted by molar-refractivity contribution is -0.313. The number of rotatable bonds is 7. The highest BCUT2D eigenvalue weighted by molar-refractivity contribution is 5.67. The molecule has 3 atom stereocenters. The van der Waals surface area contributed by atoms with Crippen LogP contribution < -0.4 is 5.11 Å². The van der Waals surface area contributed by atoms with E-state index < -0.39 is 5.97 Å². The number of carbonyl (C=O) groups is 1. The molecule has 0 rings (SSSR count). The first-order valence-electron chi connectivity index (χ1n) is 8.03. The monoisotopic (exact) mass is 283 g/mol. The Labute approximate surface area is 126 Å². The van der Waals surface area contributed by atoms with Crippen molar-refractivity contribution in [3.8, 4) is 0 Å². The molecule has 0 radical (unpaired) electrons. The highest BCUT2D eigenvalue weighted by atomic mass is 16.4. The van der Waals surface area contributed by atoms with Gasteiger partial charge in [0, 0.05) is 11.9 Å². The summed E-state index contributed by atoms with van der Waals surface area (Å²) in [4.78, 5) is 11.4. The van der Waals surface area contributed by atoms with Crippen LogP contribution in [0.2, 0.25) is 0 Å². The van der Waals surface area contributed by atoms with Crippen molar-refractivity contribution >= 4 is 5.97 Å². The Hall–Kier alpha value is -0.530. The van der Waals surface area contributed by atoms with E-state index in [1.807, 2.05) is 0 Å². The van der Waals surface area contributed by atoms with Crippen molar-refractivity contribution in [2.45, 2.75) is 81.1 Å².